The minimum atomic E-state index is -3.65. The van der Waals surface area contributed by atoms with Crippen molar-refractivity contribution in [3.05, 3.63) is 58.3 Å². The molecule has 0 fully saturated rings. The molecule has 0 radical (unpaired) electrons. The first-order valence-electron chi connectivity index (χ1n) is 8.27. The molecule has 0 saturated heterocycles. The van der Waals surface area contributed by atoms with E-state index in [1.165, 1.54) is 12.1 Å². The Hall–Kier alpha value is -1.77. The predicted octanol–water partition coefficient (Wildman–Crippen LogP) is 2.75. The Balaban J connectivity index is 2.07. The van der Waals surface area contributed by atoms with Crippen molar-refractivity contribution < 1.29 is 13.2 Å². The van der Waals surface area contributed by atoms with Crippen LogP contribution in [0.25, 0.3) is 0 Å². The molecule has 1 aromatic heterocycles. The van der Waals surface area contributed by atoms with Gasteiger partial charge >= 0.3 is 0 Å². The average molecular weight is 440 g/mol. The Morgan fingerprint density at radius 1 is 1.23 bits per heavy atom. The van der Waals surface area contributed by atoms with E-state index in [1.54, 1.807) is 12.3 Å². The van der Waals surface area contributed by atoms with Crippen LogP contribution in [0.2, 0.25) is 0 Å². The van der Waals surface area contributed by atoms with Gasteiger partial charge in [-0.1, -0.05) is 19.9 Å². The Labute approximate surface area is 162 Å². The molecular formula is C18H22BrN3O3S. The second kappa shape index (κ2) is 9.25. The van der Waals surface area contributed by atoms with Crippen molar-refractivity contribution in [2.24, 2.45) is 5.92 Å². The van der Waals surface area contributed by atoms with Gasteiger partial charge in [-0.2, -0.15) is 0 Å². The van der Waals surface area contributed by atoms with Gasteiger partial charge in [0.15, 0.2) is 0 Å². The van der Waals surface area contributed by atoms with E-state index in [1.807, 2.05) is 32.0 Å². The smallest absolute Gasteiger partial charge is 0.252 e. The highest BCUT2D eigenvalue weighted by Crippen LogP contribution is 2.21. The highest BCUT2D eigenvalue weighted by Gasteiger charge is 2.18. The van der Waals surface area contributed by atoms with E-state index in [0.29, 0.717) is 24.0 Å². The quantitative estimate of drug-likeness (QED) is 0.661. The third kappa shape index (κ3) is 5.89. The Bertz CT molecular complexity index is 855. The summed E-state index contributed by atoms with van der Waals surface area (Å²) in [6.45, 7) is 4.59. The predicted molar refractivity (Wildman–Crippen MR) is 104 cm³/mol. The molecule has 0 unspecified atom stereocenters. The second-order valence-corrected chi connectivity index (χ2v) is 8.84. The monoisotopic (exact) mass is 439 g/mol. The van der Waals surface area contributed by atoms with Crippen molar-refractivity contribution in [3.63, 3.8) is 0 Å². The van der Waals surface area contributed by atoms with Gasteiger partial charge in [0.25, 0.3) is 5.91 Å². The lowest BCUT2D eigenvalue weighted by atomic mass is 10.2. The first kappa shape index (κ1) is 20.5. The lowest BCUT2D eigenvalue weighted by molar-refractivity contribution is 0.0953. The minimum Gasteiger partial charge on any atom is -0.352 e. The molecule has 1 amide bonds. The Morgan fingerprint density at radius 2 is 2.00 bits per heavy atom. The van der Waals surface area contributed by atoms with Crippen LogP contribution >= 0.6 is 15.9 Å². The van der Waals surface area contributed by atoms with E-state index >= 15 is 0 Å². The van der Waals surface area contributed by atoms with Crippen LogP contribution in [0.15, 0.2) is 52.0 Å². The van der Waals surface area contributed by atoms with Crippen molar-refractivity contribution in [2.75, 3.05) is 13.1 Å². The number of nitrogens with one attached hydrogen (secondary N) is 2. The minimum absolute atomic E-state index is 0.0660. The maximum Gasteiger partial charge on any atom is 0.252 e. The van der Waals surface area contributed by atoms with Crippen LogP contribution in [-0.2, 0) is 16.4 Å². The van der Waals surface area contributed by atoms with Crippen molar-refractivity contribution in [1.82, 2.24) is 15.0 Å². The molecule has 140 valence electrons. The van der Waals surface area contributed by atoms with Gasteiger partial charge in [0.1, 0.15) is 0 Å². The lowest BCUT2D eigenvalue weighted by Crippen LogP contribution is -2.29. The lowest BCUT2D eigenvalue weighted by Gasteiger charge is -2.11. The molecule has 2 N–H and O–H groups in total. The molecular weight excluding hydrogens is 418 g/mol. The zero-order valence-corrected chi connectivity index (χ0v) is 17.1. The van der Waals surface area contributed by atoms with Crippen molar-refractivity contribution >= 4 is 31.9 Å². The largest absolute Gasteiger partial charge is 0.352 e. The highest BCUT2D eigenvalue weighted by atomic mass is 79.9. The summed E-state index contributed by atoms with van der Waals surface area (Å²) in [5.41, 5.74) is 1.15. The molecule has 0 atom stereocenters. The van der Waals surface area contributed by atoms with E-state index in [-0.39, 0.29) is 22.3 Å². The van der Waals surface area contributed by atoms with E-state index in [4.69, 9.17) is 0 Å². The Kier molecular flexibility index (Phi) is 7.31. The molecule has 0 bridgehead atoms. The van der Waals surface area contributed by atoms with Gasteiger partial charge in [0.05, 0.1) is 10.5 Å². The van der Waals surface area contributed by atoms with E-state index in [0.717, 1.165) is 5.69 Å². The number of nitrogens with zero attached hydrogens (tertiary/aromatic N) is 1. The van der Waals surface area contributed by atoms with Crippen LogP contribution in [0.5, 0.6) is 0 Å². The molecule has 1 heterocycles. The van der Waals surface area contributed by atoms with E-state index < -0.39 is 10.0 Å². The molecule has 0 aliphatic heterocycles. The fourth-order valence-electron chi connectivity index (χ4n) is 2.15. The van der Waals surface area contributed by atoms with Crippen molar-refractivity contribution in [1.29, 1.82) is 0 Å². The van der Waals surface area contributed by atoms with Gasteiger partial charge < -0.3 is 5.32 Å². The van der Waals surface area contributed by atoms with Crippen LogP contribution in [0, 0.1) is 5.92 Å². The van der Waals surface area contributed by atoms with E-state index in [2.05, 4.69) is 31.0 Å². The normalized spacial score (nSPS) is 11.5. The number of aromatic nitrogens is 1. The maximum absolute atomic E-state index is 12.4. The van der Waals surface area contributed by atoms with Gasteiger partial charge in [0, 0.05) is 35.9 Å². The van der Waals surface area contributed by atoms with Crippen LogP contribution in [0.1, 0.15) is 29.9 Å². The third-order valence-electron chi connectivity index (χ3n) is 3.57. The number of carbonyl (C=O) groups is 1. The van der Waals surface area contributed by atoms with Gasteiger partial charge in [-0.05, 0) is 52.2 Å². The number of halogens is 1. The first-order valence-corrected chi connectivity index (χ1v) is 10.5. The van der Waals surface area contributed by atoms with Crippen LogP contribution in [0.4, 0.5) is 0 Å². The standard InChI is InChI=1S/C18H22BrN3O3S/c1-13(2)12-22-26(24,25)15-6-7-17(19)16(11-15)18(23)21-10-8-14-5-3-4-9-20-14/h3-7,9,11,13,22H,8,10,12H2,1-2H3,(H,21,23). The van der Waals surface area contributed by atoms with Gasteiger partial charge in [-0.3, -0.25) is 9.78 Å². The number of hydrogen-bond acceptors (Lipinski definition) is 4. The van der Waals surface area contributed by atoms with Gasteiger partial charge in [-0.15, -0.1) is 0 Å². The van der Waals surface area contributed by atoms with E-state index in [9.17, 15) is 13.2 Å². The molecule has 8 heteroatoms. The molecule has 2 aromatic rings. The number of carbonyl (C=O) groups excluding carboxylic acids is 1. The number of sulfonamides is 1. The molecule has 2 rings (SSSR count). The van der Waals surface area contributed by atoms with Crippen LogP contribution < -0.4 is 10.0 Å². The fourth-order valence-corrected chi connectivity index (χ4v) is 3.82. The summed E-state index contributed by atoms with van der Waals surface area (Å²) in [6.07, 6.45) is 2.30. The van der Waals surface area contributed by atoms with Crippen molar-refractivity contribution in [2.45, 2.75) is 25.2 Å². The number of rotatable bonds is 8. The molecule has 26 heavy (non-hydrogen) atoms. The summed E-state index contributed by atoms with van der Waals surface area (Å²) in [6, 6.07) is 10.0. The maximum atomic E-state index is 12.4. The summed E-state index contributed by atoms with van der Waals surface area (Å²) in [5.74, 6) is -0.150. The van der Waals surface area contributed by atoms with Gasteiger partial charge in [-0.25, -0.2) is 13.1 Å². The molecule has 0 spiro atoms. The molecule has 1 aromatic carbocycles. The topological polar surface area (TPSA) is 88.2 Å². The number of benzene rings is 1. The number of pyridine rings is 1. The summed E-state index contributed by atoms with van der Waals surface area (Å²) >= 11 is 3.31. The second-order valence-electron chi connectivity index (χ2n) is 6.21. The molecule has 0 aliphatic carbocycles. The zero-order valence-electron chi connectivity index (χ0n) is 14.7. The zero-order chi connectivity index (χ0) is 19.2. The summed E-state index contributed by atoms with van der Waals surface area (Å²) in [7, 11) is -3.65. The number of amides is 1. The highest BCUT2D eigenvalue weighted by molar-refractivity contribution is 9.10. The molecule has 6 nitrogen and oxygen atoms in total. The summed E-state index contributed by atoms with van der Waals surface area (Å²) in [5, 5.41) is 2.79. The van der Waals surface area contributed by atoms with Gasteiger partial charge in [0.2, 0.25) is 10.0 Å². The average Bonchev–Trinajstić information content (AvgIpc) is 2.61. The Morgan fingerprint density at radius 3 is 2.65 bits per heavy atom. The number of hydrogen-bond donors (Lipinski definition) is 2. The first-order chi connectivity index (χ1) is 12.3. The van der Waals surface area contributed by atoms with Crippen molar-refractivity contribution in [3.8, 4) is 0 Å². The van der Waals surface area contributed by atoms with Crippen LogP contribution in [0.3, 0.4) is 0 Å². The molecule has 0 saturated carbocycles. The summed E-state index contributed by atoms with van der Waals surface area (Å²) in [4.78, 5) is 16.7. The third-order valence-corrected chi connectivity index (χ3v) is 5.68. The summed E-state index contributed by atoms with van der Waals surface area (Å²) < 4.78 is 27.8. The molecule has 0 aliphatic rings. The van der Waals surface area contributed by atoms with Crippen LogP contribution in [-0.4, -0.2) is 32.4 Å². The SMILES string of the molecule is CC(C)CNS(=O)(=O)c1ccc(Br)c(C(=O)NCCc2ccccn2)c1. The fraction of sp³-hybridized carbons (Fsp3) is 0.333.